The summed E-state index contributed by atoms with van der Waals surface area (Å²) in [5.41, 5.74) is 0.956. The van der Waals surface area contributed by atoms with Crippen LogP contribution < -0.4 is 10.1 Å². The van der Waals surface area contributed by atoms with Gasteiger partial charge in [-0.05, 0) is 50.2 Å². The summed E-state index contributed by atoms with van der Waals surface area (Å²) in [7, 11) is 1.68. The van der Waals surface area contributed by atoms with E-state index in [0.717, 1.165) is 19.3 Å². The van der Waals surface area contributed by atoms with Gasteiger partial charge in [-0.2, -0.15) is 0 Å². The summed E-state index contributed by atoms with van der Waals surface area (Å²) < 4.78 is 12.6. The van der Waals surface area contributed by atoms with E-state index in [1.807, 2.05) is 0 Å². The lowest BCUT2D eigenvalue weighted by molar-refractivity contribution is -0.143. The molecule has 0 aromatic carbocycles. The average Bonchev–Trinajstić information content (AvgIpc) is 3.52. The third-order valence-electron chi connectivity index (χ3n) is 5.76. The van der Waals surface area contributed by atoms with Crippen molar-refractivity contribution in [1.29, 1.82) is 0 Å². The molecular weight excluding hydrogens is 402 g/mol. The molecule has 2 atom stereocenters. The monoisotopic (exact) mass is 429 g/mol. The Balaban J connectivity index is 1.37. The van der Waals surface area contributed by atoms with Crippen molar-refractivity contribution in [2.75, 3.05) is 11.9 Å². The Hall–Kier alpha value is -3.17. The van der Waals surface area contributed by atoms with Crippen LogP contribution in [0.25, 0.3) is 11.4 Å². The second kappa shape index (κ2) is 9.32. The van der Waals surface area contributed by atoms with Crippen LogP contribution in [0, 0.1) is 11.8 Å². The van der Waals surface area contributed by atoms with E-state index in [1.54, 1.807) is 25.4 Å². The first kappa shape index (κ1) is 21.1. The van der Waals surface area contributed by atoms with Gasteiger partial charge in [0.05, 0.1) is 30.5 Å². The van der Waals surface area contributed by atoms with Crippen molar-refractivity contribution in [2.24, 2.45) is 18.9 Å². The number of ether oxygens (including phenoxy) is 2. The SMILES string of the molecule is Cn1nnc(-c2ccc(O[C@H]3CCC[C@H](C(=O)O)C3)cn2)c1NC(=O)OCCC1CC1. The van der Waals surface area contributed by atoms with Crippen LogP contribution in [-0.4, -0.2) is 49.9 Å². The molecule has 166 valence electrons. The van der Waals surface area contributed by atoms with Crippen molar-refractivity contribution in [3.63, 3.8) is 0 Å². The van der Waals surface area contributed by atoms with Crippen molar-refractivity contribution < 1.29 is 24.2 Å². The second-order valence-corrected chi connectivity index (χ2v) is 8.22. The summed E-state index contributed by atoms with van der Waals surface area (Å²) >= 11 is 0. The molecule has 10 heteroatoms. The minimum absolute atomic E-state index is 0.137. The predicted octanol–water partition coefficient (Wildman–Crippen LogP) is 3.25. The van der Waals surface area contributed by atoms with E-state index in [9.17, 15) is 14.7 Å². The Morgan fingerprint density at radius 3 is 2.81 bits per heavy atom. The Kier molecular flexibility index (Phi) is 6.34. The number of aryl methyl sites for hydroxylation is 1. The molecule has 0 unspecified atom stereocenters. The summed E-state index contributed by atoms with van der Waals surface area (Å²) in [4.78, 5) is 27.7. The summed E-state index contributed by atoms with van der Waals surface area (Å²) in [5.74, 6) is 0.529. The number of carboxylic acid groups (broad SMARTS) is 1. The number of hydrogen-bond acceptors (Lipinski definition) is 7. The number of aromatic nitrogens is 4. The number of carbonyl (C=O) groups is 2. The molecule has 0 saturated heterocycles. The van der Waals surface area contributed by atoms with Gasteiger partial charge < -0.3 is 14.6 Å². The maximum Gasteiger partial charge on any atom is 0.412 e. The zero-order valence-corrected chi connectivity index (χ0v) is 17.5. The van der Waals surface area contributed by atoms with E-state index in [4.69, 9.17) is 9.47 Å². The molecule has 0 aliphatic heterocycles. The minimum atomic E-state index is -0.768. The normalized spacial score (nSPS) is 20.8. The fraction of sp³-hybridized carbons (Fsp3) is 0.571. The van der Waals surface area contributed by atoms with Gasteiger partial charge >= 0.3 is 12.1 Å². The van der Waals surface area contributed by atoms with Crippen LogP contribution in [0.2, 0.25) is 0 Å². The Morgan fingerprint density at radius 2 is 2.10 bits per heavy atom. The van der Waals surface area contributed by atoms with Crippen LogP contribution >= 0.6 is 0 Å². The molecule has 0 spiro atoms. The summed E-state index contributed by atoms with van der Waals surface area (Å²) in [6, 6.07) is 3.50. The van der Waals surface area contributed by atoms with Crippen LogP contribution in [0.15, 0.2) is 18.3 Å². The second-order valence-electron chi connectivity index (χ2n) is 8.22. The van der Waals surface area contributed by atoms with Crippen LogP contribution in [0.4, 0.5) is 10.6 Å². The first-order chi connectivity index (χ1) is 15.0. The number of aliphatic carboxylic acids is 1. The lowest BCUT2D eigenvalue weighted by Crippen LogP contribution is -2.29. The van der Waals surface area contributed by atoms with E-state index >= 15 is 0 Å². The number of amides is 1. The predicted molar refractivity (Wildman–Crippen MR) is 111 cm³/mol. The molecule has 2 saturated carbocycles. The lowest BCUT2D eigenvalue weighted by atomic mass is 9.87. The van der Waals surface area contributed by atoms with Gasteiger partial charge in [-0.3, -0.25) is 15.1 Å². The molecule has 2 aliphatic rings. The molecule has 31 heavy (non-hydrogen) atoms. The van der Waals surface area contributed by atoms with E-state index in [2.05, 4.69) is 20.6 Å². The summed E-state index contributed by atoms with van der Waals surface area (Å²) in [6.07, 6.45) is 7.06. The smallest absolute Gasteiger partial charge is 0.412 e. The van der Waals surface area contributed by atoms with E-state index in [1.165, 1.54) is 17.5 Å². The highest BCUT2D eigenvalue weighted by Crippen LogP contribution is 2.32. The molecule has 2 fully saturated rings. The van der Waals surface area contributed by atoms with Gasteiger partial charge in [-0.25, -0.2) is 9.48 Å². The van der Waals surface area contributed by atoms with Crippen molar-refractivity contribution in [2.45, 2.75) is 51.0 Å². The number of pyridine rings is 1. The lowest BCUT2D eigenvalue weighted by Gasteiger charge is -2.27. The summed E-state index contributed by atoms with van der Waals surface area (Å²) in [6.45, 7) is 0.394. The van der Waals surface area contributed by atoms with E-state index < -0.39 is 12.1 Å². The Bertz CT molecular complexity index is 925. The van der Waals surface area contributed by atoms with Crippen molar-refractivity contribution in [3.8, 4) is 17.1 Å². The third kappa shape index (κ3) is 5.50. The molecule has 2 heterocycles. The van der Waals surface area contributed by atoms with Gasteiger partial charge in [-0.15, -0.1) is 5.10 Å². The molecule has 4 rings (SSSR count). The number of nitrogens with one attached hydrogen (secondary N) is 1. The topological polar surface area (TPSA) is 128 Å². The zero-order valence-electron chi connectivity index (χ0n) is 17.5. The zero-order chi connectivity index (χ0) is 21.8. The number of rotatable bonds is 8. The highest BCUT2D eigenvalue weighted by Gasteiger charge is 2.28. The molecule has 10 nitrogen and oxygen atoms in total. The van der Waals surface area contributed by atoms with Gasteiger partial charge in [-0.1, -0.05) is 18.1 Å². The highest BCUT2D eigenvalue weighted by atomic mass is 16.5. The molecular formula is C21H27N5O5. The number of carboxylic acids is 1. The number of nitrogens with zero attached hydrogens (tertiary/aromatic N) is 4. The summed E-state index contributed by atoms with van der Waals surface area (Å²) in [5, 5.41) is 20.0. The number of carbonyl (C=O) groups excluding carboxylic acids is 1. The quantitative estimate of drug-likeness (QED) is 0.654. The molecule has 0 radical (unpaired) electrons. The van der Waals surface area contributed by atoms with Crippen molar-refractivity contribution in [1.82, 2.24) is 20.0 Å². The third-order valence-corrected chi connectivity index (χ3v) is 5.76. The van der Waals surface area contributed by atoms with Crippen molar-refractivity contribution >= 4 is 17.9 Å². The van der Waals surface area contributed by atoms with E-state index in [-0.39, 0.29) is 12.0 Å². The van der Waals surface area contributed by atoms with Crippen LogP contribution in [0.5, 0.6) is 5.75 Å². The first-order valence-corrected chi connectivity index (χ1v) is 10.7. The van der Waals surface area contributed by atoms with Gasteiger partial charge in [0.1, 0.15) is 5.75 Å². The highest BCUT2D eigenvalue weighted by molar-refractivity contribution is 5.88. The molecule has 2 N–H and O–H groups in total. The van der Waals surface area contributed by atoms with Gasteiger partial charge in [0.2, 0.25) is 0 Å². The van der Waals surface area contributed by atoms with Crippen molar-refractivity contribution in [3.05, 3.63) is 18.3 Å². The first-order valence-electron chi connectivity index (χ1n) is 10.7. The fourth-order valence-electron chi connectivity index (χ4n) is 3.79. The Morgan fingerprint density at radius 1 is 1.26 bits per heavy atom. The number of anilines is 1. The Labute approximate surface area is 179 Å². The van der Waals surface area contributed by atoms with Crippen LogP contribution in [0.1, 0.15) is 44.9 Å². The number of hydrogen-bond donors (Lipinski definition) is 2. The van der Waals surface area contributed by atoms with Crippen LogP contribution in [-0.2, 0) is 16.6 Å². The largest absolute Gasteiger partial charge is 0.489 e. The average molecular weight is 429 g/mol. The molecule has 2 aliphatic carbocycles. The maximum atomic E-state index is 12.1. The minimum Gasteiger partial charge on any atom is -0.489 e. The molecule has 0 bridgehead atoms. The van der Waals surface area contributed by atoms with Crippen LogP contribution in [0.3, 0.4) is 0 Å². The molecule has 1 amide bonds. The molecule has 2 aromatic heterocycles. The van der Waals surface area contributed by atoms with Gasteiger partial charge in [0.15, 0.2) is 11.5 Å². The fourth-order valence-corrected chi connectivity index (χ4v) is 3.79. The van der Waals surface area contributed by atoms with E-state index in [0.29, 0.717) is 48.3 Å². The van der Waals surface area contributed by atoms with Gasteiger partial charge in [0, 0.05) is 7.05 Å². The maximum absolute atomic E-state index is 12.1. The molecule has 2 aromatic rings. The van der Waals surface area contributed by atoms with Gasteiger partial charge in [0.25, 0.3) is 0 Å². The standard InChI is InChI=1S/C21H27N5O5/c1-26-19(23-21(29)30-10-9-13-5-6-13)18(24-25-26)17-8-7-16(12-22-17)31-15-4-2-3-14(11-15)20(27)28/h7-8,12-15H,2-6,9-11H2,1H3,(H,23,29)(H,27,28)/t14-,15-/m0/s1.